The van der Waals surface area contributed by atoms with Crippen LogP contribution in [0.3, 0.4) is 0 Å². The van der Waals surface area contributed by atoms with Crippen molar-refractivity contribution >= 4 is 28.3 Å². The first-order valence-electron chi connectivity index (χ1n) is 4.90. The highest BCUT2D eigenvalue weighted by Gasteiger charge is 1.98. The fourth-order valence-electron chi connectivity index (χ4n) is 1.08. The van der Waals surface area contributed by atoms with Gasteiger partial charge < -0.3 is 10.1 Å². The molecule has 1 aromatic rings. The van der Waals surface area contributed by atoms with Crippen molar-refractivity contribution in [3.8, 4) is 5.75 Å². The number of hydrogen-bond acceptors (Lipinski definition) is 3. The zero-order chi connectivity index (χ0) is 11.8. The van der Waals surface area contributed by atoms with Crippen LogP contribution in [0, 0.1) is 0 Å². The number of nitrogens with one attached hydrogen (secondary N) is 1. The molecule has 1 aromatic carbocycles. The summed E-state index contributed by atoms with van der Waals surface area (Å²) >= 11 is 6.76. The SMILES string of the molecule is C=CCNC(=S)SCc1ccc(OC)cc1. The lowest BCUT2D eigenvalue weighted by Gasteiger charge is -2.05. The first-order chi connectivity index (χ1) is 7.76. The summed E-state index contributed by atoms with van der Waals surface area (Å²) in [5.74, 6) is 1.74. The Balaban J connectivity index is 2.36. The standard InChI is InChI=1S/C12H15NOS2/c1-3-8-13-12(15)16-9-10-4-6-11(14-2)7-5-10/h3-7H,1,8-9H2,2H3,(H,13,15). The molecule has 0 atom stereocenters. The Morgan fingerprint density at radius 3 is 2.75 bits per heavy atom. The van der Waals surface area contributed by atoms with Gasteiger partial charge in [0.25, 0.3) is 0 Å². The molecule has 0 heterocycles. The van der Waals surface area contributed by atoms with Crippen LogP contribution in [0.2, 0.25) is 0 Å². The van der Waals surface area contributed by atoms with Crippen LogP contribution in [-0.4, -0.2) is 18.0 Å². The molecule has 0 saturated heterocycles. The Hall–Kier alpha value is -1.00. The number of benzene rings is 1. The highest BCUT2D eigenvalue weighted by Crippen LogP contribution is 2.16. The Morgan fingerprint density at radius 1 is 1.50 bits per heavy atom. The van der Waals surface area contributed by atoms with E-state index in [4.69, 9.17) is 17.0 Å². The molecular weight excluding hydrogens is 238 g/mol. The van der Waals surface area contributed by atoms with E-state index in [2.05, 4.69) is 11.9 Å². The Morgan fingerprint density at radius 2 is 2.19 bits per heavy atom. The second kappa shape index (κ2) is 7.30. The highest BCUT2D eigenvalue weighted by molar-refractivity contribution is 8.22. The van der Waals surface area contributed by atoms with Crippen molar-refractivity contribution in [1.82, 2.24) is 5.32 Å². The van der Waals surface area contributed by atoms with Crippen LogP contribution >= 0.6 is 24.0 Å². The van der Waals surface area contributed by atoms with Gasteiger partial charge in [-0.25, -0.2) is 0 Å². The van der Waals surface area contributed by atoms with Gasteiger partial charge in [-0.05, 0) is 17.7 Å². The first-order valence-corrected chi connectivity index (χ1v) is 6.30. The third kappa shape index (κ3) is 4.68. The van der Waals surface area contributed by atoms with E-state index in [1.54, 1.807) is 24.9 Å². The lowest BCUT2D eigenvalue weighted by atomic mass is 10.2. The van der Waals surface area contributed by atoms with Crippen LogP contribution in [0.1, 0.15) is 5.56 Å². The normalized spacial score (nSPS) is 9.56. The zero-order valence-electron chi connectivity index (χ0n) is 9.23. The minimum Gasteiger partial charge on any atom is -0.497 e. The van der Waals surface area contributed by atoms with E-state index in [0.717, 1.165) is 15.8 Å². The van der Waals surface area contributed by atoms with E-state index in [1.165, 1.54) is 5.56 Å². The summed E-state index contributed by atoms with van der Waals surface area (Å²) in [6.07, 6.45) is 1.79. The van der Waals surface area contributed by atoms with E-state index in [-0.39, 0.29) is 0 Å². The third-order valence-corrected chi connectivity index (χ3v) is 3.30. The molecule has 0 radical (unpaired) electrons. The van der Waals surface area contributed by atoms with Crippen LogP contribution in [0.25, 0.3) is 0 Å². The first kappa shape index (κ1) is 13.1. The maximum absolute atomic E-state index is 5.15. The molecule has 0 bridgehead atoms. The second-order valence-corrected chi connectivity index (χ2v) is 4.75. The summed E-state index contributed by atoms with van der Waals surface area (Å²) in [6, 6.07) is 8.00. The largest absolute Gasteiger partial charge is 0.497 e. The van der Waals surface area contributed by atoms with E-state index in [0.29, 0.717) is 6.54 Å². The molecule has 0 spiro atoms. The molecule has 0 saturated carbocycles. The average Bonchev–Trinajstić information content (AvgIpc) is 2.34. The van der Waals surface area contributed by atoms with Gasteiger partial charge >= 0.3 is 0 Å². The number of hydrogen-bond donors (Lipinski definition) is 1. The highest BCUT2D eigenvalue weighted by atomic mass is 32.2. The Kier molecular flexibility index (Phi) is 5.96. The third-order valence-electron chi connectivity index (χ3n) is 1.92. The second-order valence-electron chi connectivity index (χ2n) is 3.09. The maximum Gasteiger partial charge on any atom is 0.134 e. The minimum atomic E-state index is 0.717. The molecule has 86 valence electrons. The fraction of sp³-hybridized carbons (Fsp3) is 0.250. The Labute approximate surface area is 106 Å². The average molecular weight is 253 g/mol. The van der Waals surface area contributed by atoms with Gasteiger partial charge in [-0.15, -0.1) is 6.58 Å². The van der Waals surface area contributed by atoms with Crippen LogP contribution in [0.5, 0.6) is 5.75 Å². The summed E-state index contributed by atoms with van der Waals surface area (Å²) in [5.41, 5.74) is 1.23. The molecule has 16 heavy (non-hydrogen) atoms. The summed E-state index contributed by atoms with van der Waals surface area (Å²) in [4.78, 5) is 0. The van der Waals surface area contributed by atoms with Crippen LogP contribution < -0.4 is 10.1 Å². The zero-order valence-corrected chi connectivity index (χ0v) is 10.9. The van der Waals surface area contributed by atoms with E-state index >= 15 is 0 Å². The molecule has 0 unspecified atom stereocenters. The van der Waals surface area contributed by atoms with Crippen molar-refractivity contribution in [1.29, 1.82) is 0 Å². The van der Waals surface area contributed by atoms with Gasteiger partial charge in [0.1, 0.15) is 10.1 Å². The summed E-state index contributed by atoms with van der Waals surface area (Å²) < 4.78 is 5.89. The molecule has 0 aliphatic heterocycles. The van der Waals surface area contributed by atoms with Crippen molar-refractivity contribution < 1.29 is 4.74 Å². The summed E-state index contributed by atoms with van der Waals surface area (Å²) in [5, 5.41) is 3.08. The molecule has 0 aliphatic rings. The fourth-order valence-corrected chi connectivity index (χ4v) is 2.01. The van der Waals surface area contributed by atoms with Crippen molar-refractivity contribution in [3.05, 3.63) is 42.5 Å². The monoisotopic (exact) mass is 253 g/mol. The van der Waals surface area contributed by atoms with Crippen molar-refractivity contribution in [2.45, 2.75) is 5.75 Å². The molecule has 1 N–H and O–H groups in total. The number of thiocarbonyl (C=S) groups is 1. The molecule has 0 aromatic heterocycles. The number of thioether (sulfide) groups is 1. The molecule has 0 fully saturated rings. The van der Waals surface area contributed by atoms with Gasteiger partial charge in [0, 0.05) is 12.3 Å². The van der Waals surface area contributed by atoms with E-state index in [9.17, 15) is 0 Å². The van der Waals surface area contributed by atoms with Gasteiger partial charge in [-0.2, -0.15) is 0 Å². The van der Waals surface area contributed by atoms with Gasteiger partial charge in [-0.3, -0.25) is 0 Å². The molecular formula is C12H15NOS2. The molecule has 0 aliphatic carbocycles. The van der Waals surface area contributed by atoms with Crippen LogP contribution in [-0.2, 0) is 5.75 Å². The Bertz CT molecular complexity index is 349. The van der Waals surface area contributed by atoms with Crippen molar-refractivity contribution in [3.63, 3.8) is 0 Å². The topological polar surface area (TPSA) is 21.3 Å². The molecule has 1 rings (SSSR count). The van der Waals surface area contributed by atoms with Crippen LogP contribution in [0.15, 0.2) is 36.9 Å². The predicted molar refractivity (Wildman–Crippen MR) is 75.1 cm³/mol. The van der Waals surface area contributed by atoms with Gasteiger partial charge in [0.15, 0.2) is 0 Å². The van der Waals surface area contributed by atoms with Crippen molar-refractivity contribution in [2.24, 2.45) is 0 Å². The number of ether oxygens (including phenoxy) is 1. The van der Waals surface area contributed by atoms with E-state index < -0.39 is 0 Å². The quantitative estimate of drug-likeness (QED) is 0.643. The molecule has 2 nitrogen and oxygen atoms in total. The number of rotatable bonds is 5. The van der Waals surface area contributed by atoms with E-state index in [1.807, 2.05) is 24.3 Å². The molecule has 0 amide bonds. The lowest BCUT2D eigenvalue weighted by molar-refractivity contribution is 0.414. The van der Waals surface area contributed by atoms with Gasteiger partial charge in [-0.1, -0.05) is 42.2 Å². The predicted octanol–water partition coefficient (Wildman–Crippen LogP) is 2.99. The summed E-state index contributed by atoms with van der Waals surface area (Å²) in [6.45, 7) is 4.34. The van der Waals surface area contributed by atoms with Gasteiger partial charge in [0.05, 0.1) is 7.11 Å². The summed E-state index contributed by atoms with van der Waals surface area (Å²) in [7, 11) is 1.66. The number of methoxy groups -OCH3 is 1. The van der Waals surface area contributed by atoms with Crippen molar-refractivity contribution in [2.75, 3.05) is 13.7 Å². The van der Waals surface area contributed by atoms with Crippen LogP contribution in [0.4, 0.5) is 0 Å². The minimum absolute atomic E-state index is 0.717. The smallest absolute Gasteiger partial charge is 0.134 e. The maximum atomic E-state index is 5.15. The lowest BCUT2D eigenvalue weighted by Crippen LogP contribution is -2.17. The molecule has 4 heteroatoms. The van der Waals surface area contributed by atoms with Gasteiger partial charge in [0.2, 0.25) is 0 Å².